The van der Waals surface area contributed by atoms with E-state index in [0.29, 0.717) is 19.7 Å². The number of benzene rings is 1. The van der Waals surface area contributed by atoms with Gasteiger partial charge in [-0.3, -0.25) is 9.67 Å². The van der Waals surface area contributed by atoms with Gasteiger partial charge in [-0.15, -0.1) is 0 Å². The van der Waals surface area contributed by atoms with Gasteiger partial charge >= 0.3 is 0 Å². The number of hydrogen-bond acceptors (Lipinski definition) is 3. The summed E-state index contributed by atoms with van der Waals surface area (Å²) in [4.78, 5) is 6.25. The van der Waals surface area contributed by atoms with Crippen molar-refractivity contribution in [1.82, 2.24) is 20.0 Å². The second-order valence-electron chi connectivity index (χ2n) is 5.48. The number of ether oxygens (including phenoxy) is 1. The maximum Gasteiger partial charge on any atom is 0.193 e. The summed E-state index contributed by atoms with van der Waals surface area (Å²) in [6.07, 6.45) is 3.79. The number of hydrogen-bond donors (Lipinski definition) is 1. The second kappa shape index (κ2) is 8.33. The van der Waals surface area contributed by atoms with Crippen molar-refractivity contribution in [3.8, 4) is 5.75 Å². The Hall–Kier alpha value is -2.57. The molecule has 0 aliphatic carbocycles. The smallest absolute Gasteiger partial charge is 0.193 e. The van der Waals surface area contributed by atoms with Crippen molar-refractivity contribution >= 4 is 5.96 Å². The van der Waals surface area contributed by atoms with Gasteiger partial charge in [0.15, 0.2) is 17.5 Å². The van der Waals surface area contributed by atoms with Crippen molar-refractivity contribution in [2.24, 2.45) is 12.0 Å². The molecule has 1 heterocycles. The summed E-state index contributed by atoms with van der Waals surface area (Å²) >= 11 is 0. The van der Waals surface area contributed by atoms with Crippen LogP contribution in [0.2, 0.25) is 0 Å². The molecule has 130 valence electrons. The number of aliphatic imine (C=N–C) groups is 1. The van der Waals surface area contributed by atoms with E-state index in [0.717, 1.165) is 17.1 Å². The SMILES string of the molecule is CCOc1ccc(CNC(=NC)N(C)Cc2cnn(C)c2)cc1F. The minimum atomic E-state index is -0.352. The first-order valence-electron chi connectivity index (χ1n) is 7.84. The minimum absolute atomic E-state index is 0.277. The zero-order valence-corrected chi connectivity index (χ0v) is 14.6. The van der Waals surface area contributed by atoms with E-state index in [1.54, 1.807) is 17.8 Å². The maximum absolute atomic E-state index is 13.9. The molecule has 2 aromatic rings. The number of aryl methyl sites for hydroxylation is 1. The van der Waals surface area contributed by atoms with Crippen LogP contribution in [0.5, 0.6) is 5.75 Å². The monoisotopic (exact) mass is 333 g/mol. The molecule has 0 spiro atoms. The van der Waals surface area contributed by atoms with Crippen LogP contribution in [0.4, 0.5) is 4.39 Å². The number of nitrogens with zero attached hydrogens (tertiary/aromatic N) is 4. The van der Waals surface area contributed by atoms with Gasteiger partial charge in [0.05, 0.1) is 12.8 Å². The van der Waals surface area contributed by atoms with Crippen LogP contribution in [0.15, 0.2) is 35.6 Å². The third-order valence-corrected chi connectivity index (χ3v) is 3.50. The summed E-state index contributed by atoms with van der Waals surface area (Å²) in [5.74, 6) is 0.655. The molecular formula is C17H24FN5O. The lowest BCUT2D eigenvalue weighted by molar-refractivity contribution is 0.321. The summed E-state index contributed by atoms with van der Waals surface area (Å²) in [7, 11) is 5.55. The van der Waals surface area contributed by atoms with Crippen molar-refractivity contribution < 1.29 is 9.13 Å². The molecule has 7 heteroatoms. The van der Waals surface area contributed by atoms with Gasteiger partial charge in [0.25, 0.3) is 0 Å². The first-order valence-corrected chi connectivity index (χ1v) is 7.84. The molecule has 0 atom stereocenters. The van der Waals surface area contributed by atoms with Gasteiger partial charge in [-0.2, -0.15) is 5.10 Å². The van der Waals surface area contributed by atoms with Crippen LogP contribution in [0, 0.1) is 5.82 Å². The topological polar surface area (TPSA) is 54.7 Å². The normalized spacial score (nSPS) is 11.5. The average molecular weight is 333 g/mol. The molecule has 1 aromatic heterocycles. The van der Waals surface area contributed by atoms with E-state index >= 15 is 0 Å². The van der Waals surface area contributed by atoms with Crippen molar-refractivity contribution in [3.05, 3.63) is 47.5 Å². The number of nitrogens with one attached hydrogen (secondary N) is 1. The van der Waals surface area contributed by atoms with Crippen LogP contribution in [-0.2, 0) is 20.1 Å². The van der Waals surface area contributed by atoms with Crippen molar-refractivity contribution in [3.63, 3.8) is 0 Å². The van der Waals surface area contributed by atoms with Gasteiger partial charge in [0.1, 0.15) is 0 Å². The van der Waals surface area contributed by atoms with Gasteiger partial charge < -0.3 is 15.0 Å². The summed E-state index contributed by atoms with van der Waals surface area (Å²) in [6.45, 7) is 3.44. The van der Waals surface area contributed by atoms with E-state index in [1.807, 2.05) is 44.4 Å². The van der Waals surface area contributed by atoms with E-state index in [2.05, 4.69) is 15.4 Å². The van der Waals surface area contributed by atoms with Crippen LogP contribution in [0.1, 0.15) is 18.1 Å². The Morgan fingerprint density at radius 2 is 2.21 bits per heavy atom. The predicted molar refractivity (Wildman–Crippen MR) is 92.4 cm³/mol. The first-order chi connectivity index (χ1) is 11.5. The van der Waals surface area contributed by atoms with Crippen molar-refractivity contribution in [2.45, 2.75) is 20.0 Å². The Morgan fingerprint density at radius 3 is 2.79 bits per heavy atom. The third kappa shape index (κ3) is 4.71. The highest BCUT2D eigenvalue weighted by molar-refractivity contribution is 5.79. The van der Waals surface area contributed by atoms with Gasteiger partial charge in [0, 0.05) is 46.0 Å². The highest BCUT2D eigenvalue weighted by Gasteiger charge is 2.09. The van der Waals surface area contributed by atoms with Gasteiger partial charge in [-0.05, 0) is 24.6 Å². The lowest BCUT2D eigenvalue weighted by Crippen LogP contribution is -2.38. The second-order valence-corrected chi connectivity index (χ2v) is 5.48. The Balaban J connectivity index is 1.94. The summed E-state index contributed by atoms with van der Waals surface area (Å²) < 4.78 is 20.9. The molecule has 0 unspecified atom stereocenters. The molecule has 24 heavy (non-hydrogen) atoms. The van der Waals surface area contributed by atoms with Crippen LogP contribution < -0.4 is 10.1 Å². The van der Waals surface area contributed by atoms with Gasteiger partial charge in [-0.1, -0.05) is 6.07 Å². The highest BCUT2D eigenvalue weighted by Crippen LogP contribution is 2.18. The molecule has 0 amide bonds. The lowest BCUT2D eigenvalue weighted by atomic mass is 10.2. The maximum atomic E-state index is 13.9. The Kier molecular flexibility index (Phi) is 6.17. The van der Waals surface area contributed by atoms with E-state index in [1.165, 1.54) is 6.07 Å². The molecule has 0 fully saturated rings. The van der Waals surface area contributed by atoms with E-state index < -0.39 is 0 Å². The third-order valence-electron chi connectivity index (χ3n) is 3.50. The molecular weight excluding hydrogens is 309 g/mol. The summed E-state index contributed by atoms with van der Waals surface area (Å²) in [6, 6.07) is 4.97. The Bertz CT molecular complexity index is 698. The molecule has 0 aliphatic heterocycles. The van der Waals surface area contributed by atoms with E-state index in [9.17, 15) is 4.39 Å². The number of aromatic nitrogens is 2. The molecule has 0 saturated heterocycles. The number of guanidine groups is 1. The first kappa shape index (κ1) is 17.8. The quantitative estimate of drug-likeness (QED) is 0.650. The van der Waals surface area contributed by atoms with Crippen LogP contribution in [-0.4, -0.2) is 41.3 Å². The van der Waals surface area contributed by atoms with Gasteiger partial charge in [-0.25, -0.2) is 4.39 Å². The molecule has 0 bridgehead atoms. The molecule has 0 radical (unpaired) electrons. The average Bonchev–Trinajstić information content (AvgIpc) is 2.95. The van der Waals surface area contributed by atoms with Crippen LogP contribution in [0.25, 0.3) is 0 Å². The summed E-state index contributed by atoms with van der Waals surface area (Å²) in [5, 5.41) is 7.39. The number of halogens is 1. The largest absolute Gasteiger partial charge is 0.491 e. The minimum Gasteiger partial charge on any atom is -0.491 e. The zero-order chi connectivity index (χ0) is 17.5. The fourth-order valence-corrected chi connectivity index (χ4v) is 2.39. The zero-order valence-electron chi connectivity index (χ0n) is 14.6. The van der Waals surface area contributed by atoms with Crippen molar-refractivity contribution in [2.75, 3.05) is 20.7 Å². The molecule has 1 aromatic carbocycles. The standard InChI is InChI=1S/C17H24FN5O/c1-5-24-16-7-6-13(8-15(16)18)9-20-17(19-2)22(3)11-14-10-21-23(4)12-14/h6-8,10,12H,5,9,11H2,1-4H3,(H,19,20). The molecule has 0 aliphatic rings. The van der Waals surface area contributed by atoms with Gasteiger partial charge in [0.2, 0.25) is 0 Å². The Morgan fingerprint density at radius 1 is 1.42 bits per heavy atom. The highest BCUT2D eigenvalue weighted by atomic mass is 19.1. The Labute approximate surface area is 141 Å². The van der Waals surface area contributed by atoms with E-state index in [-0.39, 0.29) is 11.6 Å². The fraction of sp³-hybridized carbons (Fsp3) is 0.412. The molecule has 2 rings (SSSR count). The van der Waals surface area contributed by atoms with Crippen LogP contribution >= 0.6 is 0 Å². The summed E-state index contributed by atoms with van der Waals surface area (Å²) in [5.41, 5.74) is 1.92. The fourth-order valence-electron chi connectivity index (χ4n) is 2.39. The molecule has 6 nitrogen and oxygen atoms in total. The molecule has 1 N–H and O–H groups in total. The van der Waals surface area contributed by atoms with Crippen LogP contribution in [0.3, 0.4) is 0 Å². The predicted octanol–water partition coefficient (Wildman–Crippen LogP) is 2.17. The van der Waals surface area contributed by atoms with Crippen molar-refractivity contribution in [1.29, 1.82) is 0 Å². The lowest BCUT2D eigenvalue weighted by Gasteiger charge is -2.21. The van der Waals surface area contributed by atoms with E-state index in [4.69, 9.17) is 4.74 Å². The number of rotatable bonds is 6. The molecule has 0 saturated carbocycles.